The van der Waals surface area contributed by atoms with E-state index < -0.39 is 16.1 Å². The van der Waals surface area contributed by atoms with Crippen molar-refractivity contribution in [1.29, 1.82) is 0 Å². The average Bonchev–Trinajstić information content (AvgIpc) is 2.26. The number of rotatable bonds is 4. The van der Waals surface area contributed by atoms with Gasteiger partial charge in [-0.15, -0.1) is 0 Å². The zero-order chi connectivity index (χ0) is 13.2. The third kappa shape index (κ3) is 2.98. The van der Waals surface area contributed by atoms with Crippen LogP contribution in [-0.4, -0.2) is 37.5 Å². The molecule has 96 valence electrons. The summed E-state index contributed by atoms with van der Waals surface area (Å²) in [6, 6.07) is 4.09. The summed E-state index contributed by atoms with van der Waals surface area (Å²) in [6.07, 6.45) is 0. The van der Waals surface area contributed by atoms with Crippen LogP contribution >= 0.6 is 15.9 Å². The zero-order valence-corrected chi connectivity index (χ0v) is 12.0. The number of nitrogen functional groups attached to an aromatic ring is 1. The Morgan fingerprint density at radius 1 is 1.53 bits per heavy atom. The lowest BCUT2D eigenvalue weighted by Crippen LogP contribution is -2.37. The summed E-state index contributed by atoms with van der Waals surface area (Å²) >= 11 is 3.21. The number of aliphatic hydroxyl groups excluding tert-OH is 1. The van der Waals surface area contributed by atoms with E-state index in [0.717, 1.165) is 4.31 Å². The van der Waals surface area contributed by atoms with Gasteiger partial charge in [-0.25, -0.2) is 8.42 Å². The van der Waals surface area contributed by atoms with Gasteiger partial charge < -0.3 is 10.8 Å². The van der Waals surface area contributed by atoms with E-state index in [1.807, 2.05) is 0 Å². The number of hydrogen-bond donors (Lipinski definition) is 2. The maximum absolute atomic E-state index is 12.2. The number of aliphatic hydroxyl groups is 1. The van der Waals surface area contributed by atoms with Crippen LogP contribution in [0.15, 0.2) is 27.6 Å². The molecule has 7 heteroatoms. The van der Waals surface area contributed by atoms with Gasteiger partial charge in [0.05, 0.1) is 12.3 Å². The van der Waals surface area contributed by atoms with E-state index in [0.29, 0.717) is 4.47 Å². The molecule has 0 saturated heterocycles. The van der Waals surface area contributed by atoms with Crippen molar-refractivity contribution in [3.05, 3.63) is 22.7 Å². The number of sulfonamides is 1. The lowest BCUT2D eigenvalue weighted by Gasteiger charge is -2.23. The van der Waals surface area contributed by atoms with E-state index in [2.05, 4.69) is 15.9 Å². The Hall–Kier alpha value is -0.630. The Morgan fingerprint density at radius 3 is 2.59 bits per heavy atom. The first-order valence-electron chi connectivity index (χ1n) is 4.94. The zero-order valence-electron chi connectivity index (χ0n) is 9.59. The van der Waals surface area contributed by atoms with Crippen LogP contribution in [0.1, 0.15) is 6.92 Å². The van der Waals surface area contributed by atoms with Crippen molar-refractivity contribution in [2.45, 2.75) is 17.9 Å². The molecule has 1 atom stereocenters. The van der Waals surface area contributed by atoms with Gasteiger partial charge in [-0.2, -0.15) is 4.31 Å². The summed E-state index contributed by atoms with van der Waals surface area (Å²) in [6.45, 7) is 1.37. The maximum Gasteiger partial charge on any atom is 0.245 e. The number of benzene rings is 1. The summed E-state index contributed by atoms with van der Waals surface area (Å²) in [7, 11) is -2.26. The largest absolute Gasteiger partial charge is 0.398 e. The van der Waals surface area contributed by atoms with Crippen LogP contribution in [0.25, 0.3) is 0 Å². The van der Waals surface area contributed by atoms with Gasteiger partial charge in [0.2, 0.25) is 10.0 Å². The topological polar surface area (TPSA) is 83.6 Å². The van der Waals surface area contributed by atoms with E-state index in [-0.39, 0.29) is 17.2 Å². The van der Waals surface area contributed by atoms with Gasteiger partial charge in [0.25, 0.3) is 0 Å². The molecule has 0 aliphatic carbocycles. The molecule has 5 nitrogen and oxygen atoms in total. The van der Waals surface area contributed by atoms with Gasteiger partial charge in [-0.1, -0.05) is 15.9 Å². The van der Waals surface area contributed by atoms with Crippen molar-refractivity contribution in [3.8, 4) is 0 Å². The minimum Gasteiger partial charge on any atom is -0.398 e. The van der Waals surface area contributed by atoms with Crippen molar-refractivity contribution >= 4 is 31.6 Å². The smallest absolute Gasteiger partial charge is 0.245 e. The predicted molar refractivity (Wildman–Crippen MR) is 70.1 cm³/mol. The molecule has 0 spiro atoms. The van der Waals surface area contributed by atoms with Crippen molar-refractivity contribution in [1.82, 2.24) is 4.31 Å². The van der Waals surface area contributed by atoms with Crippen molar-refractivity contribution in [2.24, 2.45) is 0 Å². The molecule has 0 heterocycles. The van der Waals surface area contributed by atoms with Gasteiger partial charge in [-0.3, -0.25) is 0 Å². The third-order valence-electron chi connectivity index (χ3n) is 2.51. The summed E-state index contributed by atoms with van der Waals surface area (Å²) in [5.74, 6) is 0. The Morgan fingerprint density at radius 2 is 2.12 bits per heavy atom. The highest BCUT2D eigenvalue weighted by atomic mass is 79.9. The molecule has 3 N–H and O–H groups in total. The second-order valence-electron chi connectivity index (χ2n) is 3.73. The van der Waals surface area contributed by atoms with Gasteiger partial charge in [0, 0.05) is 17.6 Å². The fourth-order valence-electron chi connectivity index (χ4n) is 1.26. The molecule has 0 aliphatic heterocycles. The predicted octanol–water partition coefficient (Wildman–Crippen LogP) is 1.03. The number of nitrogens with zero attached hydrogens (tertiary/aromatic N) is 1. The Labute approximate surface area is 109 Å². The third-order valence-corrected chi connectivity index (χ3v) is 5.05. The summed E-state index contributed by atoms with van der Waals surface area (Å²) in [4.78, 5) is 0.0449. The highest BCUT2D eigenvalue weighted by Gasteiger charge is 2.26. The first-order valence-corrected chi connectivity index (χ1v) is 7.18. The van der Waals surface area contributed by atoms with Gasteiger partial charge in [0.1, 0.15) is 4.90 Å². The van der Waals surface area contributed by atoms with E-state index in [9.17, 15) is 8.42 Å². The molecular formula is C10H15BrN2O3S. The van der Waals surface area contributed by atoms with Crippen LogP contribution in [0.3, 0.4) is 0 Å². The molecule has 0 aliphatic rings. The summed E-state index contributed by atoms with van der Waals surface area (Å²) in [5.41, 5.74) is 5.87. The van der Waals surface area contributed by atoms with E-state index >= 15 is 0 Å². The van der Waals surface area contributed by atoms with Crippen molar-refractivity contribution in [3.63, 3.8) is 0 Å². The Bertz CT molecular complexity index is 504. The Kier molecular flexibility index (Phi) is 4.54. The van der Waals surface area contributed by atoms with Crippen LogP contribution in [0.4, 0.5) is 5.69 Å². The lowest BCUT2D eigenvalue weighted by molar-refractivity contribution is 0.214. The molecule has 1 unspecified atom stereocenters. The van der Waals surface area contributed by atoms with E-state index in [4.69, 9.17) is 10.8 Å². The summed E-state index contributed by atoms with van der Waals surface area (Å²) < 4.78 is 26.2. The van der Waals surface area contributed by atoms with Crippen LogP contribution in [0.2, 0.25) is 0 Å². The SMILES string of the molecule is CC(CO)N(C)S(=O)(=O)c1ccc(Br)cc1N. The standard InChI is InChI=1S/C10H15BrN2O3S/c1-7(6-14)13(2)17(15,16)10-4-3-8(11)5-9(10)12/h3-5,7,14H,6,12H2,1-2H3. The summed E-state index contributed by atoms with van der Waals surface area (Å²) in [5, 5.41) is 8.98. The molecule has 17 heavy (non-hydrogen) atoms. The van der Waals surface area contributed by atoms with E-state index in [1.54, 1.807) is 13.0 Å². The van der Waals surface area contributed by atoms with Crippen molar-refractivity contribution in [2.75, 3.05) is 19.4 Å². The molecule has 0 amide bonds. The average molecular weight is 323 g/mol. The number of likely N-dealkylation sites (N-methyl/N-ethyl adjacent to an activating group) is 1. The molecular weight excluding hydrogens is 308 g/mol. The molecule has 0 saturated carbocycles. The minimum atomic E-state index is -3.67. The first-order chi connectivity index (χ1) is 7.80. The van der Waals surface area contributed by atoms with E-state index in [1.165, 1.54) is 19.2 Å². The maximum atomic E-state index is 12.2. The molecule has 0 radical (unpaired) electrons. The normalized spacial score (nSPS) is 13.9. The fraction of sp³-hybridized carbons (Fsp3) is 0.400. The second-order valence-corrected chi connectivity index (χ2v) is 6.62. The molecule has 0 fully saturated rings. The highest BCUT2D eigenvalue weighted by Crippen LogP contribution is 2.25. The molecule has 1 aromatic rings. The fourth-order valence-corrected chi connectivity index (χ4v) is 3.09. The van der Waals surface area contributed by atoms with Crippen LogP contribution in [0.5, 0.6) is 0 Å². The van der Waals surface area contributed by atoms with Crippen LogP contribution < -0.4 is 5.73 Å². The lowest BCUT2D eigenvalue weighted by atomic mass is 10.3. The number of halogens is 1. The molecule has 0 bridgehead atoms. The number of hydrogen-bond acceptors (Lipinski definition) is 4. The Balaban J connectivity index is 3.22. The quantitative estimate of drug-likeness (QED) is 0.811. The van der Waals surface area contributed by atoms with Crippen LogP contribution in [0, 0.1) is 0 Å². The van der Waals surface area contributed by atoms with Crippen molar-refractivity contribution < 1.29 is 13.5 Å². The van der Waals surface area contributed by atoms with Gasteiger partial charge in [0.15, 0.2) is 0 Å². The second kappa shape index (κ2) is 5.34. The van der Waals surface area contributed by atoms with Gasteiger partial charge >= 0.3 is 0 Å². The van der Waals surface area contributed by atoms with Gasteiger partial charge in [-0.05, 0) is 25.1 Å². The molecule has 0 aromatic heterocycles. The molecule has 1 rings (SSSR count). The number of nitrogens with two attached hydrogens (primary N) is 1. The highest BCUT2D eigenvalue weighted by molar-refractivity contribution is 9.10. The first kappa shape index (κ1) is 14.4. The number of anilines is 1. The van der Waals surface area contributed by atoms with Crippen LogP contribution in [-0.2, 0) is 10.0 Å². The molecule has 1 aromatic carbocycles. The minimum absolute atomic E-state index is 0.0449. The monoisotopic (exact) mass is 322 g/mol.